The zero-order chi connectivity index (χ0) is 24.5. The number of rotatable bonds is 5. The van der Waals surface area contributed by atoms with Gasteiger partial charge >= 0.3 is 5.97 Å². The summed E-state index contributed by atoms with van der Waals surface area (Å²) in [5, 5.41) is 0. The van der Waals surface area contributed by atoms with Gasteiger partial charge in [0.2, 0.25) is 0 Å². The molecule has 2 aromatic heterocycles. The van der Waals surface area contributed by atoms with E-state index in [1.807, 2.05) is 42.5 Å². The molecule has 1 saturated heterocycles. The highest BCUT2D eigenvalue weighted by Crippen LogP contribution is 2.30. The molecule has 0 radical (unpaired) electrons. The van der Waals surface area contributed by atoms with E-state index in [1.165, 1.54) is 11.3 Å². The van der Waals surface area contributed by atoms with Crippen LogP contribution >= 0.6 is 11.3 Å². The van der Waals surface area contributed by atoms with E-state index in [-0.39, 0.29) is 12.2 Å². The molecule has 4 heterocycles. The van der Waals surface area contributed by atoms with Crippen LogP contribution in [-0.4, -0.2) is 55.3 Å². The van der Waals surface area contributed by atoms with Crippen LogP contribution in [0.5, 0.6) is 0 Å². The standard InChI is InChI=1S/C26H28N4O4S/c1-4-33-25(32)22-17(2)27-26-30(23(22)18-8-6-5-7-9-18)24(31)20(35-26)16-19-10-11-21(34-19)29-14-12-28(3)13-15-29/h5-11,16,23H,4,12-15H2,1-3H3/b20-16+. The fourth-order valence-electron chi connectivity index (χ4n) is 4.49. The maximum absolute atomic E-state index is 13.6. The number of thiazole rings is 1. The summed E-state index contributed by atoms with van der Waals surface area (Å²) in [4.78, 5) is 36.2. The van der Waals surface area contributed by atoms with E-state index in [1.54, 1.807) is 24.5 Å². The lowest BCUT2D eigenvalue weighted by atomic mass is 9.96. The highest BCUT2D eigenvalue weighted by Gasteiger charge is 2.33. The molecule has 0 amide bonds. The normalized spacial score (nSPS) is 19.0. The Kier molecular flexibility index (Phi) is 6.44. The van der Waals surface area contributed by atoms with Gasteiger partial charge in [0, 0.05) is 38.3 Å². The Morgan fingerprint density at radius 3 is 2.63 bits per heavy atom. The van der Waals surface area contributed by atoms with Gasteiger partial charge in [-0.3, -0.25) is 9.36 Å². The van der Waals surface area contributed by atoms with Crippen LogP contribution in [0.3, 0.4) is 0 Å². The first-order valence-corrected chi connectivity index (χ1v) is 12.6. The van der Waals surface area contributed by atoms with Crippen molar-refractivity contribution in [1.82, 2.24) is 9.47 Å². The van der Waals surface area contributed by atoms with Gasteiger partial charge in [0.25, 0.3) is 5.56 Å². The number of carbonyl (C=O) groups is 1. The predicted octanol–water partition coefficient (Wildman–Crippen LogP) is 2.14. The number of likely N-dealkylation sites (N-methyl/N-ethyl adjacent to an activating group) is 1. The molecule has 0 spiro atoms. The van der Waals surface area contributed by atoms with Crippen molar-refractivity contribution in [2.75, 3.05) is 44.7 Å². The second-order valence-electron chi connectivity index (χ2n) is 8.68. The molecule has 2 aliphatic rings. The molecular formula is C26H28N4O4S. The minimum absolute atomic E-state index is 0.213. The zero-order valence-electron chi connectivity index (χ0n) is 20.1. The molecule has 8 nitrogen and oxygen atoms in total. The molecule has 182 valence electrons. The van der Waals surface area contributed by atoms with Crippen molar-refractivity contribution in [2.45, 2.75) is 19.9 Å². The summed E-state index contributed by atoms with van der Waals surface area (Å²) in [7, 11) is 2.11. The molecule has 0 bridgehead atoms. The van der Waals surface area contributed by atoms with Crippen molar-refractivity contribution in [2.24, 2.45) is 4.99 Å². The molecule has 1 atom stereocenters. The van der Waals surface area contributed by atoms with E-state index >= 15 is 0 Å². The lowest BCUT2D eigenvalue weighted by Crippen LogP contribution is -2.44. The molecule has 5 rings (SSSR count). The van der Waals surface area contributed by atoms with Crippen LogP contribution in [0.1, 0.15) is 31.2 Å². The number of ether oxygens (including phenoxy) is 1. The van der Waals surface area contributed by atoms with Crippen molar-refractivity contribution >= 4 is 29.3 Å². The third-order valence-corrected chi connectivity index (χ3v) is 7.32. The number of piperazine rings is 1. The number of esters is 1. The quantitative estimate of drug-likeness (QED) is 0.508. The largest absolute Gasteiger partial charge is 0.463 e. The van der Waals surface area contributed by atoms with Crippen molar-refractivity contribution in [3.8, 4) is 0 Å². The fraction of sp³-hybridized carbons (Fsp3) is 0.346. The van der Waals surface area contributed by atoms with Gasteiger partial charge in [0.15, 0.2) is 10.7 Å². The lowest BCUT2D eigenvalue weighted by molar-refractivity contribution is -0.139. The number of fused-ring (bicyclic) bond motifs is 1. The van der Waals surface area contributed by atoms with E-state index in [0.29, 0.717) is 26.4 Å². The molecule has 0 saturated carbocycles. The minimum Gasteiger partial charge on any atom is -0.463 e. The SMILES string of the molecule is CCOC(=O)C1=C(C)N=c2s/c(=C/c3ccc(N4CCN(C)CC4)o3)c(=O)n2C1c1ccccc1. The minimum atomic E-state index is -0.605. The number of nitrogens with zero attached hydrogens (tertiary/aromatic N) is 4. The van der Waals surface area contributed by atoms with Gasteiger partial charge in [-0.15, -0.1) is 0 Å². The number of benzene rings is 1. The van der Waals surface area contributed by atoms with E-state index in [4.69, 9.17) is 9.15 Å². The van der Waals surface area contributed by atoms with Crippen molar-refractivity contribution in [3.05, 3.63) is 84.7 Å². The van der Waals surface area contributed by atoms with Gasteiger partial charge in [-0.2, -0.15) is 0 Å². The van der Waals surface area contributed by atoms with Crippen molar-refractivity contribution in [1.29, 1.82) is 0 Å². The van der Waals surface area contributed by atoms with Crippen molar-refractivity contribution < 1.29 is 13.9 Å². The average Bonchev–Trinajstić information content (AvgIpc) is 3.44. The molecule has 1 unspecified atom stereocenters. The maximum atomic E-state index is 13.6. The van der Waals surface area contributed by atoms with Crippen LogP contribution in [0.2, 0.25) is 0 Å². The Balaban J connectivity index is 1.57. The number of hydrogen-bond acceptors (Lipinski definition) is 8. The Labute approximate surface area is 207 Å². The molecule has 0 aliphatic carbocycles. The first kappa shape index (κ1) is 23.3. The Morgan fingerprint density at radius 2 is 1.91 bits per heavy atom. The van der Waals surface area contributed by atoms with Gasteiger partial charge in [-0.25, -0.2) is 9.79 Å². The van der Waals surface area contributed by atoms with Crippen molar-refractivity contribution in [3.63, 3.8) is 0 Å². The molecule has 0 N–H and O–H groups in total. The summed E-state index contributed by atoms with van der Waals surface area (Å²) in [6.07, 6.45) is 1.76. The van der Waals surface area contributed by atoms with Gasteiger partial charge in [0.05, 0.1) is 28.5 Å². The second kappa shape index (κ2) is 9.67. The maximum Gasteiger partial charge on any atom is 0.338 e. The number of allylic oxidation sites excluding steroid dienone is 1. The average molecular weight is 493 g/mol. The van der Waals surface area contributed by atoms with Crippen LogP contribution in [0.4, 0.5) is 5.88 Å². The smallest absolute Gasteiger partial charge is 0.338 e. The number of furan rings is 1. The highest BCUT2D eigenvalue weighted by molar-refractivity contribution is 7.07. The van der Waals surface area contributed by atoms with Crippen LogP contribution in [0, 0.1) is 0 Å². The third-order valence-electron chi connectivity index (χ3n) is 6.33. The van der Waals surface area contributed by atoms with Crippen LogP contribution in [0.25, 0.3) is 6.08 Å². The second-order valence-corrected chi connectivity index (χ2v) is 9.69. The van der Waals surface area contributed by atoms with Crippen LogP contribution in [0.15, 0.2) is 67.9 Å². The summed E-state index contributed by atoms with van der Waals surface area (Å²) >= 11 is 1.29. The molecular weight excluding hydrogens is 464 g/mol. The Morgan fingerprint density at radius 1 is 1.17 bits per heavy atom. The zero-order valence-corrected chi connectivity index (χ0v) is 20.9. The lowest BCUT2D eigenvalue weighted by Gasteiger charge is -2.32. The summed E-state index contributed by atoms with van der Waals surface area (Å²) in [6, 6.07) is 12.7. The summed E-state index contributed by atoms with van der Waals surface area (Å²) in [5.74, 6) is 0.959. The van der Waals surface area contributed by atoms with Gasteiger partial charge in [-0.05, 0) is 32.5 Å². The molecule has 1 fully saturated rings. The van der Waals surface area contributed by atoms with Gasteiger partial charge in [0.1, 0.15) is 5.76 Å². The summed E-state index contributed by atoms with van der Waals surface area (Å²) in [6.45, 7) is 7.56. The van der Waals surface area contributed by atoms with Crippen LogP contribution in [-0.2, 0) is 9.53 Å². The Bertz CT molecular complexity index is 1440. The topological polar surface area (TPSA) is 80.3 Å². The number of carbonyl (C=O) groups excluding carboxylic acids is 1. The van der Waals surface area contributed by atoms with Crippen LogP contribution < -0.4 is 19.8 Å². The molecule has 35 heavy (non-hydrogen) atoms. The molecule has 2 aliphatic heterocycles. The number of anilines is 1. The third kappa shape index (κ3) is 4.49. The highest BCUT2D eigenvalue weighted by atomic mass is 32.1. The number of hydrogen-bond donors (Lipinski definition) is 0. The predicted molar refractivity (Wildman–Crippen MR) is 135 cm³/mol. The number of aromatic nitrogens is 1. The molecule has 9 heteroatoms. The van der Waals surface area contributed by atoms with E-state index < -0.39 is 12.0 Å². The van der Waals surface area contributed by atoms with Gasteiger partial charge < -0.3 is 19.0 Å². The monoisotopic (exact) mass is 492 g/mol. The first-order chi connectivity index (χ1) is 17.0. The summed E-state index contributed by atoms with van der Waals surface area (Å²) < 4.78 is 13.5. The van der Waals surface area contributed by atoms with E-state index in [0.717, 1.165) is 37.6 Å². The summed E-state index contributed by atoms with van der Waals surface area (Å²) in [5.41, 5.74) is 1.55. The van der Waals surface area contributed by atoms with Gasteiger partial charge in [-0.1, -0.05) is 41.7 Å². The fourth-order valence-corrected chi connectivity index (χ4v) is 5.51. The Hall–Kier alpha value is -3.43. The van der Waals surface area contributed by atoms with E-state index in [2.05, 4.69) is 21.8 Å². The van der Waals surface area contributed by atoms with E-state index in [9.17, 15) is 9.59 Å². The molecule has 1 aromatic carbocycles. The molecule has 3 aromatic rings. The first-order valence-electron chi connectivity index (χ1n) is 11.7.